The van der Waals surface area contributed by atoms with Crippen molar-refractivity contribution < 1.29 is 9.90 Å². The number of rotatable bonds is 3. The molecule has 0 amide bonds. The molecular formula is C15H27NO2. The summed E-state index contributed by atoms with van der Waals surface area (Å²) in [6.45, 7) is 6.24. The highest BCUT2D eigenvalue weighted by Crippen LogP contribution is 2.37. The lowest BCUT2D eigenvalue weighted by atomic mass is 9.76. The van der Waals surface area contributed by atoms with Gasteiger partial charge in [-0.2, -0.15) is 0 Å². The molecule has 1 saturated heterocycles. The Kier molecular flexibility index (Phi) is 4.31. The van der Waals surface area contributed by atoms with Gasteiger partial charge in [0.1, 0.15) is 0 Å². The lowest BCUT2D eigenvalue weighted by Gasteiger charge is -2.45. The predicted octanol–water partition coefficient (Wildman–Crippen LogP) is 3.14. The van der Waals surface area contributed by atoms with Gasteiger partial charge >= 0.3 is 5.97 Å². The van der Waals surface area contributed by atoms with Gasteiger partial charge in [-0.3, -0.25) is 9.69 Å². The minimum atomic E-state index is -0.584. The fraction of sp³-hybridized carbons (Fsp3) is 0.933. The summed E-state index contributed by atoms with van der Waals surface area (Å²) < 4.78 is 0. The molecule has 1 aliphatic carbocycles. The van der Waals surface area contributed by atoms with E-state index in [1.54, 1.807) is 0 Å². The number of hydrogen-bond acceptors (Lipinski definition) is 2. The Balaban J connectivity index is 2.00. The second kappa shape index (κ2) is 5.60. The highest BCUT2D eigenvalue weighted by molar-refractivity contribution is 5.75. The molecule has 1 atom stereocenters. The summed E-state index contributed by atoms with van der Waals surface area (Å²) in [5.74, 6) is 0.278. The summed E-state index contributed by atoms with van der Waals surface area (Å²) in [6, 6.07) is 0.645. The topological polar surface area (TPSA) is 40.5 Å². The van der Waals surface area contributed by atoms with Crippen LogP contribution in [-0.4, -0.2) is 35.1 Å². The van der Waals surface area contributed by atoms with Crippen molar-refractivity contribution in [3.8, 4) is 0 Å². The van der Waals surface area contributed by atoms with Crippen LogP contribution in [0.15, 0.2) is 0 Å². The van der Waals surface area contributed by atoms with Gasteiger partial charge < -0.3 is 5.11 Å². The van der Waals surface area contributed by atoms with Crippen molar-refractivity contribution in [3.05, 3.63) is 0 Å². The van der Waals surface area contributed by atoms with E-state index in [0.29, 0.717) is 6.04 Å². The molecule has 1 unspecified atom stereocenters. The van der Waals surface area contributed by atoms with Crippen molar-refractivity contribution in [1.82, 2.24) is 4.90 Å². The molecule has 2 rings (SSSR count). The molecule has 2 fully saturated rings. The van der Waals surface area contributed by atoms with Gasteiger partial charge in [-0.05, 0) is 57.4 Å². The van der Waals surface area contributed by atoms with Crippen molar-refractivity contribution in [3.63, 3.8) is 0 Å². The molecule has 0 aromatic rings. The molecule has 3 nitrogen and oxygen atoms in total. The maximum Gasteiger partial charge on any atom is 0.310 e. The molecule has 1 aliphatic heterocycles. The molecule has 1 saturated carbocycles. The molecule has 0 bridgehead atoms. The first-order valence-electron chi connectivity index (χ1n) is 7.55. The lowest BCUT2D eigenvalue weighted by Crippen LogP contribution is -2.51. The van der Waals surface area contributed by atoms with Gasteiger partial charge in [0.15, 0.2) is 0 Å². The summed E-state index contributed by atoms with van der Waals surface area (Å²) in [6.07, 6.45) is 7.83. The summed E-state index contributed by atoms with van der Waals surface area (Å²) >= 11 is 0. The first kappa shape index (κ1) is 13.9. The molecule has 0 aromatic heterocycles. The Morgan fingerprint density at radius 1 is 1.33 bits per heavy atom. The number of hydrogen-bond donors (Lipinski definition) is 1. The second-order valence-electron chi connectivity index (χ2n) is 6.43. The Morgan fingerprint density at radius 2 is 2.00 bits per heavy atom. The van der Waals surface area contributed by atoms with Gasteiger partial charge in [-0.1, -0.05) is 13.8 Å². The van der Waals surface area contributed by atoms with E-state index in [4.69, 9.17) is 0 Å². The van der Waals surface area contributed by atoms with E-state index in [-0.39, 0.29) is 0 Å². The highest BCUT2D eigenvalue weighted by Gasteiger charge is 2.42. The number of carbonyl (C=O) groups is 1. The number of aliphatic carboxylic acids is 1. The average Bonchev–Trinajstić information content (AvgIpc) is 2.39. The molecule has 0 aromatic carbocycles. The Bertz CT molecular complexity index is 297. The number of likely N-dealkylation sites (tertiary alicyclic amines) is 1. The smallest absolute Gasteiger partial charge is 0.310 e. The predicted molar refractivity (Wildman–Crippen MR) is 72.6 cm³/mol. The van der Waals surface area contributed by atoms with E-state index >= 15 is 0 Å². The molecule has 1 N–H and O–H groups in total. The van der Waals surface area contributed by atoms with E-state index in [1.165, 1.54) is 25.7 Å². The van der Waals surface area contributed by atoms with Crippen LogP contribution in [0, 0.1) is 11.3 Å². The highest BCUT2D eigenvalue weighted by atomic mass is 16.4. The largest absolute Gasteiger partial charge is 0.481 e. The molecular weight excluding hydrogens is 226 g/mol. The van der Waals surface area contributed by atoms with Crippen LogP contribution in [0.25, 0.3) is 0 Å². The van der Waals surface area contributed by atoms with Crippen molar-refractivity contribution >= 4 is 5.97 Å². The van der Waals surface area contributed by atoms with Crippen LogP contribution in [0.3, 0.4) is 0 Å². The standard InChI is InChI=1S/C15H27NO2/c1-3-15(14(17)18)9-4-10-16(11-15)13-7-5-12(2)6-8-13/h12-13H,3-11H2,1-2H3,(H,17,18). The summed E-state index contributed by atoms with van der Waals surface area (Å²) in [4.78, 5) is 14.0. The zero-order valence-corrected chi connectivity index (χ0v) is 11.8. The van der Waals surface area contributed by atoms with Gasteiger partial charge in [0.2, 0.25) is 0 Å². The van der Waals surface area contributed by atoms with Gasteiger partial charge in [0.05, 0.1) is 5.41 Å². The normalized spacial score (nSPS) is 38.6. The van der Waals surface area contributed by atoms with Crippen molar-refractivity contribution in [1.29, 1.82) is 0 Å². The number of carboxylic acid groups (broad SMARTS) is 1. The van der Waals surface area contributed by atoms with Crippen LogP contribution in [0.5, 0.6) is 0 Å². The van der Waals surface area contributed by atoms with Crippen LogP contribution in [0.2, 0.25) is 0 Å². The van der Waals surface area contributed by atoms with E-state index < -0.39 is 11.4 Å². The van der Waals surface area contributed by atoms with Crippen molar-refractivity contribution in [2.75, 3.05) is 13.1 Å². The van der Waals surface area contributed by atoms with Crippen LogP contribution >= 0.6 is 0 Å². The zero-order valence-electron chi connectivity index (χ0n) is 11.8. The molecule has 1 heterocycles. The van der Waals surface area contributed by atoms with E-state index in [0.717, 1.165) is 38.3 Å². The number of carboxylic acids is 1. The molecule has 2 aliphatic rings. The lowest BCUT2D eigenvalue weighted by molar-refractivity contribution is -0.153. The van der Waals surface area contributed by atoms with Gasteiger partial charge in [-0.25, -0.2) is 0 Å². The summed E-state index contributed by atoms with van der Waals surface area (Å²) in [5, 5.41) is 9.52. The van der Waals surface area contributed by atoms with Crippen LogP contribution in [-0.2, 0) is 4.79 Å². The minimum Gasteiger partial charge on any atom is -0.481 e. The number of nitrogens with zero attached hydrogens (tertiary/aromatic N) is 1. The monoisotopic (exact) mass is 253 g/mol. The first-order valence-corrected chi connectivity index (χ1v) is 7.55. The third-order valence-corrected chi connectivity index (χ3v) is 5.24. The Labute approximate surface area is 111 Å². The third-order valence-electron chi connectivity index (χ3n) is 5.24. The zero-order chi connectivity index (χ0) is 13.2. The van der Waals surface area contributed by atoms with Crippen LogP contribution in [0.4, 0.5) is 0 Å². The van der Waals surface area contributed by atoms with Crippen LogP contribution < -0.4 is 0 Å². The van der Waals surface area contributed by atoms with Gasteiger partial charge in [-0.15, -0.1) is 0 Å². The van der Waals surface area contributed by atoms with Crippen LogP contribution in [0.1, 0.15) is 58.8 Å². The van der Waals surface area contributed by atoms with Gasteiger partial charge in [0, 0.05) is 12.6 Å². The minimum absolute atomic E-state index is 0.471. The average molecular weight is 253 g/mol. The number of piperidine rings is 1. The van der Waals surface area contributed by atoms with Crippen molar-refractivity contribution in [2.24, 2.45) is 11.3 Å². The maximum atomic E-state index is 11.6. The molecule has 0 spiro atoms. The fourth-order valence-corrected chi connectivity index (χ4v) is 3.70. The van der Waals surface area contributed by atoms with Crippen molar-refractivity contribution in [2.45, 2.75) is 64.8 Å². The fourth-order valence-electron chi connectivity index (χ4n) is 3.70. The van der Waals surface area contributed by atoms with Gasteiger partial charge in [0.25, 0.3) is 0 Å². The quantitative estimate of drug-likeness (QED) is 0.840. The third kappa shape index (κ3) is 2.71. The van der Waals surface area contributed by atoms with E-state index in [9.17, 15) is 9.90 Å². The van der Waals surface area contributed by atoms with E-state index in [2.05, 4.69) is 11.8 Å². The molecule has 104 valence electrons. The molecule has 0 radical (unpaired) electrons. The Morgan fingerprint density at radius 3 is 2.56 bits per heavy atom. The first-order chi connectivity index (χ1) is 8.57. The maximum absolute atomic E-state index is 11.6. The summed E-state index contributed by atoms with van der Waals surface area (Å²) in [7, 11) is 0. The Hall–Kier alpha value is -0.570. The van der Waals surface area contributed by atoms with E-state index in [1.807, 2.05) is 6.92 Å². The molecule has 3 heteroatoms. The SMILES string of the molecule is CCC1(C(=O)O)CCCN(C2CCC(C)CC2)C1. The molecule has 18 heavy (non-hydrogen) atoms. The summed E-state index contributed by atoms with van der Waals surface area (Å²) in [5.41, 5.74) is -0.471. The second-order valence-corrected chi connectivity index (χ2v) is 6.43.